The van der Waals surface area contributed by atoms with Crippen LogP contribution >= 0.6 is 11.3 Å². The number of hydrogen-bond donors (Lipinski definition) is 0. The topological polar surface area (TPSA) is 68.5 Å². The molecule has 1 heterocycles. The molecule has 7 heteroatoms. The zero-order valence-electron chi connectivity index (χ0n) is 15.2. The molecular formula is C20H18N2O3S2. The summed E-state index contributed by atoms with van der Waals surface area (Å²) in [6.07, 6.45) is 6.57. The Morgan fingerprint density at radius 1 is 1.22 bits per heavy atom. The standard InChI is InChI=1S/C20H18N2O3S2/c1-5-10-22-16-11-13(2)14(3)12-17(16)26-20(22)21-19(23)15-8-6-7-9-18(15)27(4,24)25/h1,6-9,11-12H,10H2,2-4H3. The van der Waals surface area contributed by atoms with E-state index < -0.39 is 15.7 Å². The van der Waals surface area contributed by atoms with Crippen LogP contribution in [0, 0.1) is 26.2 Å². The van der Waals surface area contributed by atoms with Gasteiger partial charge in [0.1, 0.15) is 0 Å². The van der Waals surface area contributed by atoms with E-state index in [1.54, 1.807) is 16.7 Å². The van der Waals surface area contributed by atoms with Crippen LogP contribution in [0.5, 0.6) is 0 Å². The lowest BCUT2D eigenvalue weighted by Gasteiger charge is -2.04. The van der Waals surface area contributed by atoms with Crippen molar-refractivity contribution < 1.29 is 13.2 Å². The molecule has 0 spiro atoms. The van der Waals surface area contributed by atoms with Crippen LogP contribution in [-0.4, -0.2) is 25.1 Å². The molecule has 5 nitrogen and oxygen atoms in total. The van der Waals surface area contributed by atoms with Gasteiger partial charge >= 0.3 is 0 Å². The molecule has 138 valence electrons. The van der Waals surface area contributed by atoms with E-state index in [0.29, 0.717) is 4.80 Å². The smallest absolute Gasteiger partial charge is 0.280 e. The maximum atomic E-state index is 12.8. The summed E-state index contributed by atoms with van der Waals surface area (Å²) >= 11 is 1.35. The molecule has 3 aromatic rings. The van der Waals surface area contributed by atoms with Crippen molar-refractivity contribution in [2.24, 2.45) is 4.99 Å². The Hall–Kier alpha value is -2.69. The first-order valence-corrected chi connectivity index (χ1v) is 10.9. The van der Waals surface area contributed by atoms with Gasteiger partial charge in [0.2, 0.25) is 0 Å². The first-order valence-electron chi connectivity index (χ1n) is 8.14. The molecule has 0 aliphatic rings. The highest BCUT2D eigenvalue weighted by atomic mass is 32.2. The lowest BCUT2D eigenvalue weighted by molar-refractivity contribution is 0.0995. The van der Waals surface area contributed by atoms with Gasteiger partial charge in [-0.05, 0) is 49.2 Å². The zero-order valence-corrected chi connectivity index (χ0v) is 16.8. The molecule has 0 unspecified atom stereocenters. The van der Waals surface area contributed by atoms with Gasteiger partial charge in [-0.15, -0.1) is 6.42 Å². The number of sulfone groups is 1. The monoisotopic (exact) mass is 398 g/mol. The molecule has 0 atom stereocenters. The Balaban J connectivity index is 2.24. The number of amides is 1. The number of nitrogens with zero attached hydrogens (tertiary/aromatic N) is 2. The van der Waals surface area contributed by atoms with Crippen LogP contribution in [0.2, 0.25) is 0 Å². The van der Waals surface area contributed by atoms with Crippen molar-refractivity contribution in [1.82, 2.24) is 4.57 Å². The highest BCUT2D eigenvalue weighted by Crippen LogP contribution is 2.22. The third kappa shape index (κ3) is 3.72. The van der Waals surface area contributed by atoms with Gasteiger partial charge in [-0.2, -0.15) is 4.99 Å². The Morgan fingerprint density at radius 2 is 1.89 bits per heavy atom. The second-order valence-electron chi connectivity index (χ2n) is 6.26. The van der Waals surface area contributed by atoms with E-state index in [1.165, 1.54) is 23.5 Å². The number of carbonyl (C=O) groups is 1. The van der Waals surface area contributed by atoms with E-state index in [9.17, 15) is 13.2 Å². The van der Waals surface area contributed by atoms with E-state index in [4.69, 9.17) is 6.42 Å². The number of rotatable bonds is 3. The summed E-state index contributed by atoms with van der Waals surface area (Å²) in [6.45, 7) is 4.30. The molecule has 1 aromatic heterocycles. The first-order chi connectivity index (χ1) is 12.7. The third-order valence-electron chi connectivity index (χ3n) is 4.26. The molecule has 1 amide bonds. The molecule has 2 aromatic carbocycles. The summed E-state index contributed by atoms with van der Waals surface area (Å²) < 4.78 is 26.7. The molecule has 0 saturated carbocycles. The highest BCUT2D eigenvalue weighted by Gasteiger charge is 2.18. The van der Waals surface area contributed by atoms with E-state index in [1.807, 2.05) is 26.0 Å². The number of aromatic nitrogens is 1. The van der Waals surface area contributed by atoms with E-state index in [2.05, 4.69) is 10.9 Å². The molecule has 0 radical (unpaired) electrons. The predicted molar refractivity (Wildman–Crippen MR) is 108 cm³/mol. The van der Waals surface area contributed by atoms with Gasteiger partial charge in [0, 0.05) is 6.26 Å². The third-order valence-corrected chi connectivity index (χ3v) is 6.46. The van der Waals surface area contributed by atoms with E-state index in [-0.39, 0.29) is 17.0 Å². The van der Waals surface area contributed by atoms with Crippen molar-refractivity contribution in [2.45, 2.75) is 25.3 Å². The van der Waals surface area contributed by atoms with Gasteiger partial charge in [0.15, 0.2) is 14.6 Å². The molecular weight excluding hydrogens is 380 g/mol. The van der Waals surface area contributed by atoms with Crippen molar-refractivity contribution in [3.8, 4) is 12.3 Å². The van der Waals surface area contributed by atoms with Crippen LogP contribution in [0.25, 0.3) is 10.2 Å². The van der Waals surface area contributed by atoms with Crippen molar-refractivity contribution >= 4 is 37.3 Å². The summed E-state index contributed by atoms with van der Waals surface area (Å²) in [7, 11) is -3.54. The number of hydrogen-bond acceptors (Lipinski definition) is 4. The quantitative estimate of drug-likeness (QED) is 0.637. The lowest BCUT2D eigenvalue weighted by atomic mass is 10.1. The highest BCUT2D eigenvalue weighted by molar-refractivity contribution is 7.90. The number of benzene rings is 2. The van der Waals surface area contributed by atoms with E-state index >= 15 is 0 Å². The molecule has 0 bridgehead atoms. The predicted octanol–water partition coefficient (Wildman–Crippen LogP) is 3.10. The Morgan fingerprint density at radius 3 is 2.56 bits per heavy atom. The second-order valence-corrected chi connectivity index (χ2v) is 9.26. The van der Waals surface area contributed by atoms with Crippen LogP contribution < -0.4 is 4.80 Å². The molecule has 0 fully saturated rings. The molecule has 0 N–H and O–H groups in total. The number of carbonyl (C=O) groups excluding carboxylic acids is 1. The minimum absolute atomic E-state index is 0.0324. The Kier molecular flexibility index (Phi) is 5.05. The van der Waals surface area contributed by atoms with Gasteiger partial charge in [-0.25, -0.2) is 8.42 Å². The molecule has 0 aliphatic heterocycles. The van der Waals surface area contributed by atoms with Gasteiger partial charge in [-0.3, -0.25) is 4.79 Å². The van der Waals surface area contributed by atoms with Crippen molar-refractivity contribution in [3.05, 3.63) is 57.9 Å². The zero-order chi connectivity index (χ0) is 19.8. The minimum Gasteiger partial charge on any atom is -0.305 e. The Labute approximate surface area is 161 Å². The molecule has 27 heavy (non-hydrogen) atoms. The second kappa shape index (κ2) is 7.14. The average Bonchev–Trinajstić information content (AvgIpc) is 2.91. The van der Waals surface area contributed by atoms with Gasteiger partial charge in [-0.1, -0.05) is 29.4 Å². The SMILES string of the molecule is C#CCn1c(=NC(=O)c2ccccc2S(C)(=O)=O)sc2cc(C)c(C)cc21. The summed E-state index contributed by atoms with van der Waals surface area (Å²) in [5.41, 5.74) is 3.21. The number of terminal acetylenes is 1. The summed E-state index contributed by atoms with van der Waals surface area (Å²) in [6, 6.07) is 10.1. The Bertz CT molecular complexity index is 1270. The van der Waals surface area contributed by atoms with Crippen LogP contribution in [0.1, 0.15) is 21.5 Å². The fourth-order valence-electron chi connectivity index (χ4n) is 2.76. The van der Waals surface area contributed by atoms with Crippen molar-refractivity contribution in [1.29, 1.82) is 0 Å². The number of thiazole rings is 1. The first kappa shape index (κ1) is 19.1. The normalized spacial score (nSPS) is 12.3. The van der Waals surface area contributed by atoms with Crippen molar-refractivity contribution in [2.75, 3.05) is 6.26 Å². The minimum atomic E-state index is -3.54. The fraction of sp³-hybridized carbons (Fsp3) is 0.200. The maximum Gasteiger partial charge on any atom is 0.280 e. The summed E-state index contributed by atoms with van der Waals surface area (Å²) in [5, 5.41) is 0. The van der Waals surface area contributed by atoms with Crippen LogP contribution in [-0.2, 0) is 16.4 Å². The molecule has 0 aliphatic carbocycles. The summed E-state index contributed by atoms with van der Waals surface area (Å²) in [5.74, 6) is 1.98. The summed E-state index contributed by atoms with van der Waals surface area (Å²) in [4.78, 5) is 17.4. The van der Waals surface area contributed by atoms with Crippen LogP contribution in [0.4, 0.5) is 0 Å². The number of aryl methyl sites for hydroxylation is 2. The van der Waals surface area contributed by atoms with Gasteiger partial charge in [0.25, 0.3) is 5.91 Å². The molecule has 3 rings (SSSR count). The van der Waals surface area contributed by atoms with Crippen LogP contribution in [0.3, 0.4) is 0 Å². The van der Waals surface area contributed by atoms with Gasteiger partial charge < -0.3 is 4.57 Å². The maximum absolute atomic E-state index is 12.8. The van der Waals surface area contributed by atoms with E-state index in [0.717, 1.165) is 27.6 Å². The average molecular weight is 399 g/mol. The van der Waals surface area contributed by atoms with Gasteiger partial charge in [0.05, 0.1) is 27.2 Å². The fourth-order valence-corrected chi connectivity index (χ4v) is 4.75. The largest absolute Gasteiger partial charge is 0.305 e. The molecule has 0 saturated heterocycles. The number of fused-ring (bicyclic) bond motifs is 1. The lowest BCUT2D eigenvalue weighted by Crippen LogP contribution is -2.17. The van der Waals surface area contributed by atoms with Crippen LogP contribution in [0.15, 0.2) is 46.3 Å². The van der Waals surface area contributed by atoms with Crippen molar-refractivity contribution in [3.63, 3.8) is 0 Å².